The molecular formula is C29H30N4O3S. The third-order valence-electron chi connectivity index (χ3n) is 6.95. The minimum absolute atomic E-state index is 0.120. The maximum atomic E-state index is 14.0. The van der Waals surface area contributed by atoms with E-state index in [1.807, 2.05) is 76.5 Å². The van der Waals surface area contributed by atoms with Crippen LogP contribution in [0.3, 0.4) is 0 Å². The first-order valence-electron chi connectivity index (χ1n) is 12.4. The molecule has 0 radical (unpaired) electrons. The molecule has 0 N–H and O–H groups in total. The maximum absolute atomic E-state index is 14.0. The number of ether oxygens (including phenoxy) is 1. The van der Waals surface area contributed by atoms with Crippen LogP contribution >= 0.6 is 11.3 Å². The Morgan fingerprint density at radius 2 is 1.84 bits per heavy atom. The number of amides is 1. The van der Waals surface area contributed by atoms with Crippen LogP contribution in [0.15, 0.2) is 75.8 Å². The molecule has 0 saturated heterocycles. The van der Waals surface area contributed by atoms with Crippen molar-refractivity contribution in [3.05, 3.63) is 96.8 Å². The minimum Gasteiger partial charge on any atom is -0.496 e. The van der Waals surface area contributed by atoms with Crippen LogP contribution in [0, 0.1) is 0 Å². The standard InChI is InChI=1S/C29H30N4O3S/c1-6-32(7-2)28(35)25-18(3)30-29-33(26(25)21-13-9-11-15-23(21)36-5)27(34)24(37-29)16-19-17-31(4)22-14-10-8-12-20(19)22/h8-17,26H,6-7H2,1-5H3/b24-16+/t26-/m1/s1. The van der Waals surface area contributed by atoms with Gasteiger partial charge in [-0.15, -0.1) is 0 Å². The Morgan fingerprint density at radius 1 is 1.14 bits per heavy atom. The van der Waals surface area contributed by atoms with Gasteiger partial charge in [0.05, 0.1) is 22.9 Å². The van der Waals surface area contributed by atoms with Crippen molar-refractivity contribution in [2.75, 3.05) is 20.2 Å². The zero-order valence-corrected chi connectivity index (χ0v) is 22.5. The number of thiazole rings is 1. The predicted molar refractivity (Wildman–Crippen MR) is 148 cm³/mol. The molecule has 1 aliphatic rings. The summed E-state index contributed by atoms with van der Waals surface area (Å²) in [7, 11) is 3.60. The van der Waals surface area contributed by atoms with Gasteiger partial charge >= 0.3 is 0 Å². The van der Waals surface area contributed by atoms with Crippen LogP contribution < -0.4 is 19.6 Å². The molecule has 2 aromatic carbocycles. The summed E-state index contributed by atoms with van der Waals surface area (Å²) in [4.78, 5) is 34.9. The molecule has 3 heterocycles. The second-order valence-electron chi connectivity index (χ2n) is 9.01. The normalized spacial score (nSPS) is 15.6. The summed E-state index contributed by atoms with van der Waals surface area (Å²) >= 11 is 1.34. The molecule has 1 amide bonds. The first-order valence-corrected chi connectivity index (χ1v) is 13.2. The van der Waals surface area contributed by atoms with Gasteiger partial charge in [-0.1, -0.05) is 47.7 Å². The molecule has 4 aromatic rings. The van der Waals surface area contributed by atoms with Crippen molar-refractivity contribution >= 4 is 34.2 Å². The molecule has 5 rings (SSSR count). The molecule has 0 bridgehead atoms. The van der Waals surface area contributed by atoms with Gasteiger partial charge in [0.15, 0.2) is 4.80 Å². The number of hydrogen-bond donors (Lipinski definition) is 0. The number of methoxy groups -OCH3 is 1. The van der Waals surface area contributed by atoms with E-state index in [4.69, 9.17) is 9.73 Å². The minimum atomic E-state index is -0.643. The van der Waals surface area contributed by atoms with Crippen molar-refractivity contribution in [2.45, 2.75) is 26.8 Å². The molecule has 0 saturated carbocycles. The Morgan fingerprint density at radius 3 is 2.57 bits per heavy atom. The summed E-state index contributed by atoms with van der Waals surface area (Å²) in [6.45, 7) is 6.89. The van der Waals surface area contributed by atoms with Gasteiger partial charge in [-0.2, -0.15) is 0 Å². The number of para-hydroxylation sites is 2. The molecule has 37 heavy (non-hydrogen) atoms. The molecule has 0 unspecified atom stereocenters. The fraction of sp³-hybridized carbons (Fsp3) is 0.276. The van der Waals surface area contributed by atoms with E-state index in [1.165, 1.54) is 11.3 Å². The van der Waals surface area contributed by atoms with Gasteiger partial charge in [-0.25, -0.2) is 4.99 Å². The first-order chi connectivity index (χ1) is 17.9. The summed E-state index contributed by atoms with van der Waals surface area (Å²) in [6, 6.07) is 15.0. The third-order valence-corrected chi connectivity index (χ3v) is 7.93. The summed E-state index contributed by atoms with van der Waals surface area (Å²) in [5, 5.41) is 1.07. The van der Waals surface area contributed by atoms with Crippen molar-refractivity contribution in [3.8, 4) is 5.75 Å². The van der Waals surface area contributed by atoms with E-state index in [1.54, 1.807) is 16.6 Å². The number of likely N-dealkylation sites (N-methyl/N-ethyl adjacent to an activating group) is 1. The number of benzene rings is 2. The maximum Gasteiger partial charge on any atom is 0.271 e. The zero-order chi connectivity index (χ0) is 26.3. The predicted octanol–water partition coefficient (Wildman–Crippen LogP) is 3.60. The number of carbonyl (C=O) groups excluding carboxylic acids is 1. The van der Waals surface area contributed by atoms with Gasteiger partial charge in [0.1, 0.15) is 11.8 Å². The Bertz CT molecular complexity index is 1720. The van der Waals surface area contributed by atoms with Crippen molar-refractivity contribution in [1.29, 1.82) is 0 Å². The molecular weight excluding hydrogens is 484 g/mol. The van der Waals surface area contributed by atoms with Crippen LogP contribution in [0.25, 0.3) is 17.0 Å². The lowest BCUT2D eigenvalue weighted by Gasteiger charge is -2.29. The van der Waals surface area contributed by atoms with Gasteiger partial charge in [0.2, 0.25) is 0 Å². The fourth-order valence-electron chi connectivity index (χ4n) is 5.09. The Labute approximate surface area is 219 Å². The molecule has 8 heteroatoms. The summed E-state index contributed by atoms with van der Waals surface area (Å²) < 4.78 is 9.96. The number of aromatic nitrogens is 2. The molecule has 0 fully saturated rings. The quantitative estimate of drug-likeness (QED) is 0.395. The van der Waals surface area contributed by atoms with Gasteiger partial charge in [0.25, 0.3) is 11.5 Å². The number of fused-ring (bicyclic) bond motifs is 2. The van der Waals surface area contributed by atoms with Gasteiger partial charge in [-0.3, -0.25) is 14.2 Å². The van der Waals surface area contributed by atoms with Crippen LogP contribution in [-0.2, 0) is 11.8 Å². The number of carbonyl (C=O) groups is 1. The fourth-order valence-corrected chi connectivity index (χ4v) is 6.13. The third kappa shape index (κ3) is 4.11. The molecule has 1 atom stereocenters. The molecule has 2 aromatic heterocycles. The number of nitrogens with zero attached hydrogens (tertiary/aromatic N) is 4. The second kappa shape index (κ2) is 9.86. The van der Waals surface area contributed by atoms with Crippen LogP contribution in [0.2, 0.25) is 0 Å². The van der Waals surface area contributed by atoms with Crippen LogP contribution in [-0.4, -0.2) is 40.1 Å². The molecule has 0 spiro atoms. The lowest BCUT2D eigenvalue weighted by atomic mass is 9.94. The number of allylic oxidation sites excluding steroid dienone is 1. The van der Waals surface area contributed by atoms with E-state index in [0.717, 1.165) is 22.0 Å². The summed E-state index contributed by atoms with van der Waals surface area (Å²) in [6.07, 6.45) is 3.96. The van der Waals surface area contributed by atoms with Crippen molar-refractivity contribution in [1.82, 2.24) is 14.0 Å². The van der Waals surface area contributed by atoms with E-state index in [-0.39, 0.29) is 11.5 Å². The van der Waals surface area contributed by atoms with E-state index in [2.05, 4.69) is 16.7 Å². The Kier molecular flexibility index (Phi) is 6.60. The highest BCUT2D eigenvalue weighted by Crippen LogP contribution is 2.36. The van der Waals surface area contributed by atoms with Gasteiger partial charge in [-0.05, 0) is 39.0 Å². The topological polar surface area (TPSA) is 68.8 Å². The van der Waals surface area contributed by atoms with Crippen molar-refractivity contribution in [2.24, 2.45) is 12.0 Å². The largest absolute Gasteiger partial charge is 0.496 e. The van der Waals surface area contributed by atoms with E-state index < -0.39 is 6.04 Å². The van der Waals surface area contributed by atoms with E-state index in [9.17, 15) is 9.59 Å². The van der Waals surface area contributed by atoms with E-state index >= 15 is 0 Å². The van der Waals surface area contributed by atoms with E-state index in [0.29, 0.717) is 39.4 Å². The summed E-state index contributed by atoms with van der Waals surface area (Å²) in [5.41, 5.74) is 3.75. The number of aryl methyl sites for hydroxylation is 1. The van der Waals surface area contributed by atoms with Crippen molar-refractivity contribution in [3.63, 3.8) is 0 Å². The monoisotopic (exact) mass is 514 g/mol. The highest BCUT2D eigenvalue weighted by Gasteiger charge is 2.35. The van der Waals surface area contributed by atoms with Gasteiger partial charge in [0, 0.05) is 48.4 Å². The lowest BCUT2D eigenvalue weighted by molar-refractivity contribution is -0.127. The SMILES string of the molecule is CCN(CC)C(=O)C1=C(C)N=c2s/c(=C/c3cn(C)c4ccccc34)c(=O)n2[C@@H]1c1ccccc1OC. The molecule has 1 aliphatic heterocycles. The highest BCUT2D eigenvalue weighted by atomic mass is 32.1. The average molecular weight is 515 g/mol. The number of rotatable bonds is 6. The number of hydrogen-bond acceptors (Lipinski definition) is 5. The highest BCUT2D eigenvalue weighted by molar-refractivity contribution is 7.07. The molecule has 190 valence electrons. The van der Waals surface area contributed by atoms with Crippen LogP contribution in [0.1, 0.15) is 37.9 Å². The smallest absolute Gasteiger partial charge is 0.271 e. The first kappa shape index (κ1) is 24.8. The second-order valence-corrected chi connectivity index (χ2v) is 10.0. The van der Waals surface area contributed by atoms with Crippen molar-refractivity contribution < 1.29 is 9.53 Å². The van der Waals surface area contributed by atoms with Crippen LogP contribution in [0.4, 0.5) is 0 Å². The van der Waals surface area contributed by atoms with Gasteiger partial charge < -0.3 is 14.2 Å². The lowest BCUT2D eigenvalue weighted by Crippen LogP contribution is -2.43. The molecule has 7 nitrogen and oxygen atoms in total. The average Bonchev–Trinajstić information content (AvgIpc) is 3.39. The Balaban J connectivity index is 1.78. The summed E-state index contributed by atoms with van der Waals surface area (Å²) in [5.74, 6) is 0.501. The zero-order valence-electron chi connectivity index (χ0n) is 21.7. The molecule has 0 aliphatic carbocycles. The van der Waals surface area contributed by atoms with Crippen LogP contribution in [0.5, 0.6) is 5.75 Å². The Hall–Kier alpha value is -3.91.